The van der Waals surface area contributed by atoms with E-state index in [9.17, 15) is 9.90 Å². The highest BCUT2D eigenvalue weighted by molar-refractivity contribution is 5.75. The molecular weight excluding hydrogens is 386 g/mol. The first-order valence-electron chi connectivity index (χ1n) is 13.3. The minimum absolute atomic E-state index is 0.0546. The van der Waals surface area contributed by atoms with Crippen molar-refractivity contribution >= 4 is 5.91 Å². The van der Waals surface area contributed by atoms with Gasteiger partial charge < -0.3 is 15.5 Å². The van der Waals surface area contributed by atoms with E-state index in [1.54, 1.807) is 0 Å². The molecular formula is C27H47NO3. The second kappa shape index (κ2) is 9.33. The molecule has 4 heteroatoms. The summed E-state index contributed by atoms with van der Waals surface area (Å²) in [5, 5.41) is 22.1. The zero-order valence-corrected chi connectivity index (χ0v) is 20.2. The van der Waals surface area contributed by atoms with Gasteiger partial charge in [0.1, 0.15) is 0 Å². The first-order chi connectivity index (χ1) is 14.8. The Labute approximate surface area is 190 Å². The van der Waals surface area contributed by atoms with Gasteiger partial charge in [0, 0.05) is 19.6 Å². The fraction of sp³-hybridized carbons (Fsp3) is 0.963. The summed E-state index contributed by atoms with van der Waals surface area (Å²) in [6.45, 7) is 8.30. The molecule has 4 rings (SSSR count). The first kappa shape index (κ1) is 23.5. The summed E-state index contributed by atoms with van der Waals surface area (Å²) in [5.74, 6) is 4.85. The molecule has 31 heavy (non-hydrogen) atoms. The van der Waals surface area contributed by atoms with Gasteiger partial charge in [-0.15, -0.1) is 0 Å². The topological polar surface area (TPSA) is 69.6 Å². The van der Waals surface area contributed by atoms with Crippen LogP contribution in [0, 0.1) is 46.3 Å². The van der Waals surface area contributed by atoms with E-state index in [1.165, 1.54) is 44.9 Å². The van der Waals surface area contributed by atoms with Gasteiger partial charge in [-0.25, -0.2) is 0 Å². The molecule has 4 saturated carbocycles. The Kier molecular flexibility index (Phi) is 7.09. The van der Waals surface area contributed by atoms with Crippen molar-refractivity contribution in [2.75, 3.05) is 13.2 Å². The van der Waals surface area contributed by atoms with Crippen LogP contribution in [0.15, 0.2) is 0 Å². The lowest BCUT2D eigenvalue weighted by molar-refractivity contribution is -0.129. The third-order valence-electron chi connectivity index (χ3n) is 10.9. The molecule has 0 aliphatic heterocycles. The van der Waals surface area contributed by atoms with Gasteiger partial charge in [0.25, 0.3) is 0 Å². The molecule has 4 fully saturated rings. The number of amides is 1. The highest BCUT2D eigenvalue weighted by atomic mass is 16.3. The fourth-order valence-electron chi connectivity index (χ4n) is 9.17. The van der Waals surface area contributed by atoms with Crippen LogP contribution < -0.4 is 5.32 Å². The van der Waals surface area contributed by atoms with Gasteiger partial charge in [-0.2, -0.15) is 0 Å². The number of fused-ring (bicyclic) bond motifs is 5. The van der Waals surface area contributed by atoms with E-state index in [-0.39, 0.29) is 18.6 Å². The monoisotopic (exact) mass is 433 g/mol. The number of nitrogens with one attached hydrogen (secondary N) is 1. The minimum Gasteiger partial charge on any atom is -0.396 e. The molecule has 0 heterocycles. The Morgan fingerprint density at radius 2 is 1.77 bits per heavy atom. The minimum atomic E-state index is -0.0546. The van der Waals surface area contributed by atoms with Gasteiger partial charge in [0.2, 0.25) is 5.91 Å². The molecule has 0 bridgehead atoms. The summed E-state index contributed by atoms with van der Waals surface area (Å²) in [6, 6.07) is 0. The molecule has 9 atom stereocenters. The zero-order chi connectivity index (χ0) is 22.2. The summed E-state index contributed by atoms with van der Waals surface area (Å²) in [5.41, 5.74) is 0.908. The van der Waals surface area contributed by atoms with E-state index in [4.69, 9.17) is 5.11 Å². The highest BCUT2D eigenvalue weighted by Crippen LogP contribution is 2.68. The molecule has 4 aliphatic rings. The molecule has 0 saturated heterocycles. The average molecular weight is 434 g/mol. The standard InChI is InChI=1S/C27H47NO3/c1-18(5-10-25(31)28-15-4-16-29)22-8-9-23-21-7-6-19-17-20(30)11-13-26(19,2)24(21)12-14-27(22,23)3/h18-24,29-30H,4-17H2,1-3H3,(H,28,31). The molecule has 3 N–H and O–H groups in total. The summed E-state index contributed by atoms with van der Waals surface area (Å²) in [6.07, 6.45) is 13.7. The highest BCUT2D eigenvalue weighted by Gasteiger charge is 2.60. The Bertz CT molecular complexity index is 638. The van der Waals surface area contributed by atoms with Crippen LogP contribution in [0.25, 0.3) is 0 Å². The van der Waals surface area contributed by atoms with E-state index in [1.807, 2.05) is 0 Å². The van der Waals surface area contributed by atoms with Crippen molar-refractivity contribution in [2.24, 2.45) is 46.3 Å². The Morgan fingerprint density at radius 1 is 1.03 bits per heavy atom. The smallest absolute Gasteiger partial charge is 0.220 e. The lowest BCUT2D eigenvalue weighted by Crippen LogP contribution is -2.54. The van der Waals surface area contributed by atoms with Crippen molar-refractivity contribution < 1.29 is 15.0 Å². The summed E-state index contributed by atoms with van der Waals surface area (Å²) >= 11 is 0. The van der Waals surface area contributed by atoms with Crippen LogP contribution in [0.1, 0.15) is 97.8 Å². The number of hydrogen-bond acceptors (Lipinski definition) is 3. The van der Waals surface area contributed by atoms with E-state index in [0.717, 1.165) is 48.9 Å². The van der Waals surface area contributed by atoms with Crippen molar-refractivity contribution in [1.82, 2.24) is 5.32 Å². The predicted molar refractivity (Wildman–Crippen MR) is 124 cm³/mol. The molecule has 0 aromatic carbocycles. The van der Waals surface area contributed by atoms with Gasteiger partial charge in [-0.05, 0) is 117 Å². The lowest BCUT2D eigenvalue weighted by atomic mass is 9.44. The van der Waals surface area contributed by atoms with Gasteiger partial charge in [0.15, 0.2) is 0 Å². The molecule has 0 radical (unpaired) electrons. The number of aliphatic hydroxyl groups is 2. The normalized spacial score (nSPS) is 45.3. The average Bonchev–Trinajstić information content (AvgIpc) is 3.10. The van der Waals surface area contributed by atoms with Crippen molar-refractivity contribution in [3.63, 3.8) is 0 Å². The quantitative estimate of drug-likeness (QED) is 0.499. The van der Waals surface area contributed by atoms with E-state index < -0.39 is 0 Å². The fourth-order valence-corrected chi connectivity index (χ4v) is 9.17. The van der Waals surface area contributed by atoms with Crippen molar-refractivity contribution in [3.8, 4) is 0 Å². The van der Waals surface area contributed by atoms with Gasteiger partial charge in [0.05, 0.1) is 6.10 Å². The van der Waals surface area contributed by atoms with E-state index in [0.29, 0.717) is 36.1 Å². The number of carbonyl (C=O) groups excluding carboxylic acids is 1. The lowest BCUT2D eigenvalue weighted by Gasteiger charge is -2.61. The van der Waals surface area contributed by atoms with Crippen molar-refractivity contribution in [3.05, 3.63) is 0 Å². The van der Waals surface area contributed by atoms with Crippen LogP contribution in [0.5, 0.6) is 0 Å². The molecule has 9 unspecified atom stereocenters. The number of aliphatic hydroxyl groups excluding tert-OH is 2. The van der Waals surface area contributed by atoms with Gasteiger partial charge in [-0.1, -0.05) is 20.8 Å². The van der Waals surface area contributed by atoms with Crippen LogP contribution in [-0.4, -0.2) is 35.4 Å². The third kappa shape index (κ3) is 4.33. The maximum Gasteiger partial charge on any atom is 0.220 e. The van der Waals surface area contributed by atoms with Crippen LogP contribution in [0.4, 0.5) is 0 Å². The second-order valence-electron chi connectivity index (χ2n) is 12.3. The van der Waals surface area contributed by atoms with Crippen LogP contribution in [-0.2, 0) is 4.79 Å². The third-order valence-corrected chi connectivity index (χ3v) is 10.9. The van der Waals surface area contributed by atoms with Gasteiger partial charge in [-0.3, -0.25) is 4.79 Å². The molecule has 4 nitrogen and oxygen atoms in total. The number of carbonyl (C=O) groups is 1. The predicted octanol–water partition coefficient (Wildman–Crippen LogP) is 4.92. The molecule has 1 amide bonds. The van der Waals surface area contributed by atoms with Crippen LogP contribution in [0.2, 0.25) is 0 Å². The van der Waals surface area contributed by atoms with Crippen molar-refractivity contribution in [2.45, 2.75) is 104 Å². The van der Waals surface area contributed by atoms with E-state index >= 15 is 0 Å². The summed E-state index contributed by atoms with van der Waals surface area (Å²) < 4.78 is 0. The SMILES string of the molecule is CC(CCC(=O)NCCCO)C1CCC2C3CCC4CC(O)CCC4(C)C3CCC12C. The Hall–Kier alpha value is -0.610. The van der Waals surface area contributed by atoms with Crippen molar-refractivity contribution in [1.29, 1.82) is 0 Å². The Balaban J connectivity index is 1.38. The van der Waals surface area contributed by atoms with Crippen LogP contribution in [0.3, 0.4) is 0 Å². The molecule has 0 aromatic rings. The number of hydrogen-bond donors (Lipinski definition) is 3. The molecule has 0 aromatic heterocycles. The van der Waals surface area contributed by atoms with E-state index in [2.05, 4.69) is 26.1 Å². The summed E-state index contributed by atoms with van der Waals surface area (Å²) in [7, 11) is 0. The van der Waals surface area contributed by atoms with Crippen LogP contribution >= 0.6 is 0 Å². The first-order valence-corrected chi connectivity index (χ1v) is 13.3. The summed E-state index contributed by atoms with van der Waals surface area (Å²) in [4.78, 5) is 12.2. The zero-order valence-electron chi connectivity index (χ0n) is 20.2. The maximum atomic E-state index is 12.2. The van der Waals surface area contributed by atoms with Gasteiger partial charge >= 0.3 is 0 Å². The largest absolute Gasteiger partial charge is 0.396 e. The molecule has 4 aliphatic carbocycles. The molecule has 0 spiro atoms. The maximum absolute atomic E-state index is 12.2. The Morgan fingerprint density at radius 3 is 2.55 bits per heavy atom. The number of rotatable bonds is 7. The second-order valence-corrected chi connectivity index (χ2v) is 12.3. The molecule has 178 valence electrons.